The average Bonchev–Trinajstić information content (AvgIpc) is 2.53. The molecule has 4 nitrogen and oxygen atoms in total. The summed E-state index contributed by atoms with van der Waals surface area (Å²) in [5, 5.41) is 0. The molecule has 3 rings (SSSR count). The third-order valence-electron chi connectivity index (χ3n) is 5.81. The molecule has 3 aliphatic rings. The third kappa shape index (κ3) is 4.09. The Morgan fingerprint density at radius 1 is 0.739 bits per heavy atom. The van der Waals surface area contributed by atoms with E-state index in [1.807, 2.05) is 0 Å². The van der Waals surface area contributed by atoms with Gasteiger partial charge in [-0.25, -0.2) is 0 Å². The summed E-state index contributed by atoms with van der Waals surface area (Å²) in [6.45, 7) is 12.3. The Morgan fingerprint density at radius 2 is 1.17 bits per heavy atom. The highest BCUT2D eigenvalue weighted by Gasteiger charge is 2.49. The van der Waals surface area contributed by atoms with Gasteiger partial charge in [-0.15, -0.1) is 0 Å². The molecule has 0 unspecified atom stereocenters. The molecule has 2 aliphatic heterocycles. The molecule has 4 heteroatoms. The lowest BCUT2D eigenvalue weighted by atomic mass is 9.86. The Labute approximate surface area is 141 Å². The van der Waals surface area contributed by atoms with Gasteiger partial charge in [0.2, 0.25) is 0 Å². The summed E-state index contributed by atoms with van der Waals surface area (Å²) < 4.78 is 24.7. The summed E-state index contributed by atoms with van der Waals surface area (Å²) in [7, 11) is 0. The number of ether oxygens (including phenoxy) is 4. The maximum atomic E-state index is 6.18. The fourth-order valence-corrected chi connectivity index (χ4v) is 4.01. The van der Waals surface area contributed by atoms with Crippen LogP contribution in [-0.2, 0) is 18.9 Å². The van der Waals surface area contributed by atoms with E-state index in [-0.39, 0.29) is 11.6 Å². The van der Waals surface area contributed by atoms with Crippen LogP contribution in [0.4, 0.5) is 0 Å². The Kier molecular flexibility index (Phi) is 5.37. The van der Waals surface area contributed by atoms with Gasteiger partial charge in [0.05, 0.1) is 26.4 Å². The molecule has 3 fully saturated rings. The maximum absolute atomic E-state index is 6.18. The van der Waals surface area contributed by atoms with Crippen molar-refractivity contribution in [2.24, 2.45) is 23.7 Å². The van der Waals surface area contributed by atoms with E-state index in [1.54, 1.807) is 0 Å². The van der Waals surface area contributed by atoms with E-state index in [9.17, 15) is 0 Å². The van der Waals surface area contributed by atoms with Crippen molar-refractivity contribution in [1.29, 1.82) is 0 Å². The van der Waals surface area contributed by atoms with E-state index < -0.39 is 0 Å². The van der Waals surface area contributed by atoms with Crippen molar-refractivity contribution in [3.05, 3.63) is 0 Å². The SMILES string of the molecule is CC(C)CC1COC2(CCC3(CC2)OCC(C(C)C)CO3)OC1. The lowest BCUT2D eigenvalue weighted by Gasteiger charge is -2.50. The van der Waals surface area contributed by atoms with E-state index >= 15 is 0 Å². The lowest BCUT2D eigenvalue weighted by Crippen LogP contribution is -2.54. The molecule has 23 heavy (non-hydrogen) atoms. The highest BCUT2D eigenvalue weighted by Crippen LogP contribution is 2.45. The van der Waals surface area contributed by atoms with Crippen LogP contribution in [-0.4, -0.2) is 38.0 Å². The molecule has 1 saturated carbocycles. The van der Waals surface area contributed by atoms with Gasteiger partial charge < -0.3 is 18.9 Å². The van der Waals surface area contributed by atoms with Crippen molar-refractivity contribution >= 4 is 0 Å². The van der Waals surface area contributed by atoms with Gasteiger partial charge in [-0.2, -0.15) is 0 Å². The van der Waals surface area contributed by atoms with Crippen molar-refractivity contribution in [2.45, 2.75) is 71.4 Å². The Hall–Kier alpha value is -0.160. The van der Waals surface area contributed by atoms with Crippen molar-refractivity contribution in [3.63, 3.8) is 0 Å². The molecule has 0 aromatic rings. The van der Waals surface area contributed by atoms with Crippen LogP contribution < -0.4 is 0 Å². The topological polar surface area (TPSA) is 36.9 Å². The maximum Gasteiger partial charge on any atom is 0.168 e. The lowest BCUT2D eigenvalue weighted by molar-refractivity contribution is -0.353. The van der Waals surface area contributed by atoms with Gasteiger partial charge in [-0.05, 0) is 18.3 Å². The molecule has 0 aromatic heterocycles. The zero-order chi connectivity index (χ0) is 16.5. The number of hydrogen-bond acceptors (Lipinski definition) is 4. The molecular weight excluding hydrogens is 292 g/mol. The summed E-state index contributed by atoms with van der Waals surface area (Å²) in [6, 6.07) is 0. The highest BCUT2D eigenvalue weighted by molar-refractivity contribution is 4.90. The molecule has 0 radical (unpaired) electrons. The van der Waals surface area contributed by atoms with Crippen LogP contribution in [0.3, 0.4) is 0 Å². The third-order valence-corrected chi connectivity index (χ3v) is 5.81. The van der Waals surface area contributed by atoms with Crippen LogP contribution in [0.5, 0.6) is 0 Å². The van der Waals surface area contributed by atoms with Crippen LogP contribution in [0, 0.1) is 23.7 Å². The zero-order valence-electron chi connectivity index (χ0n) is 15.3. The molecule has 2 saturated heterocycles. The quantitative estimate of drug-likeness (QED) is 0.786. The molecule has 2 spiro atoms. The first-order valence-corrected chi connectivity index (χ1v) is 9.48. The molecule has 0 aromatic carbocycles. The molecule has 0 N–H and O–H groups in total. The monoisotopic (exact) mass is 326 g/mol. The van der Waals surface area contributed by atoms with E-state index in [0.29, 0.717) is 23.7 Å². The largest absolute Gasteiger partial charge is 0.350 e. The Morgan fingerprint density at radius 3 is 1.57 bits per heavy atom. The first-order chi connectivity index (χ1) is 10.9. The van der Waals surface area contributed by atoms with E-state index in [2.05, 4.69) is 27.7 Å². The second-order valence-corrected chi connectivity index (χ2v) is 8.57. The molecule has 0 bridgehead atoms. The van der Waals surface area contributed by atoms with E-state index in [4.69, 9.17) is 18.9 Å². The molecule has 0 atom stereocenters. The van der Waals surface area contributed by atoms with Gasteiger partial charge in [-0.1, -0.05) is 27.7 Å². The van der Waals surface area contributed by atoms with Gasteiger partial charge >= 0.3 is 0 Å². The van der Waals surface area contributed by atoms with Crippen molar-refractivity contribution in [1.82, 2.24) is 0 Å². The van der Waals surface area contributed by atoms with Crippen LogP contribution in [0.15, 0.2) is 0 Å². The van der Waals surface area contributed by atoms with Crippen LogP contribution >= 0.6 is 0 Å². The summed E-state index contributed by atoms with van der Waals surface area (Å²) >= 11 is 0. The molecule has 134 valence electrons. The van der Waals surface area contributed by atoms with Crippen LogP contribution in [0.2, 0.25) is 0 Å². The first-order valence-electron chi connectivity index (χ1n) is 9.48. The highest BCUT2D eigenvalue weighted by atomic mass is 16.7. The number of rotatable bonds is 3. The molecule has 1 aliphatic carbocycles. The van der Waals surface area contributed by atoms with Crippen molar-refractivity contribution < 1.29 is 18.9 Å². The smallest absolute Gasteiger partial charge is 0.168 e. The second kappa shape index (κ2) is 6.99. The normalized spacial score (nSPS) is 42.0. The van der Waals surface area contributed by atoms with Gasteiger partial charge in [0.25, 0.3) is 0 Å². The van der Waals surface area contributed by atoms with Gasteiger partial charge in [-0.3, -0.25) is 0 Å². The fraction of sp³-hybridized carbons (Fsp3) is 1.00. The van der Waals surface area contributed by atoms with Crippen LogP contribution in [0.25, 0.3) is 0 Å². The van der Waals surface area contributed by atoms with Gasteiger partial charge in [0.15, 0.2) is 11.6 Å². The van der Waals surface area contributed by atoms with Gasteiger partial charge in [0, 0.05) is 37.5 Å². The Bertz CT molecular complexity index is 365. The van der Waals surface area contributed by atoms with Gasteiger partial charge in [0.1, 0.15) is 0 Å². The van der Waals surface area contributed by atoms with E-state index in [0.717, 1.165) is 52.1 Å². The summed E-state index contributed by atoms with van der Waals surface area (Å²) in [5.41, 5.74) is 0. The first kappa shape index (κ1) is 17.7. The fourth-order valence-electron chi connectivity index (χ4n) is 4.01. The standard InChI is InChI=1S/C19H34O4/c1-14(2)9-16-10-20-18(21-11-16)5-7-19(8-6-18)22-12-17(13-23-19)15(3)4/h14-17H,5-13H2,1-4H3. The average molecular weight is 326 g/mol. The molecule has 2 heterocycles. The van der Waals surface area contributed by atoms with E-state index in [1.165, 1.54) is 6.42 Å². The zero-order valence-corrected chi connectivity index (χ0v) is 15.3. The van der Waals surface area contributed by atoms with Crippen molar-refractivity contribution in [2.75, 3.05) is 26.4 Å². The molecule has 0 amide bonds. The minimum absolute atomic E-state index is 0.375. The predicted molar refractivity (Wildman–Crippen MR) is 89.0 cm³/mol. The van der Waals surface area contributed by atoms with Crippen molar-refractivity contribution in [3.8, 4) is 0 Å². The summed E-state index contributed by atoms with van der Waals surface area (Å²) in [4.78, 5) is 0. The minimum atomic E-state index is -0.377. The predicted octanol–water partition coefficient (Wildman–Crippen LogP) is 3.98. The Balaban J connectivity index is 1.48. The molecular formula is C19H34O4. The van der Waals surface area contributed by atoms with Crippen LogP contribution in [0.1, 0.15) is 59.8 Å². The summed E-state index contributed by atoms with van der Waals surface area (Å²) in [5.74, 6) is 1.64. The summed E-state index contributed by atoms with van der Waals surface area (Å²) in [6.07, 6.45) is 4.71. The second-order valence-electron chi connectivity index (χ2n) is 8.57. The minimum Gasteiger partial charge on any atom is -0.350 e. The number of hydrogen-bond donors (Lipinski definition) is 0.